The third-order valence-electron chi connectivity index (χ3n) is 2.95. The molecule has 0 bridgehead atoms. The second-order valence-electron chi connectivity index (χ2n) is 4.89. The molecule has 2 rings (SSSR count). The number of amides is 1. The average Bonchev–Trinajstić information content (AvgIpc) is 2.91. The molecule has 9 nitrogen and oxygen atoms in total. The van der Waals surface area contributed by atoms with Crippen LogP contribution in [0.3, 0.4) is 0 Å². The van der Waals surface area contributed by atoms with Gasteiger partial charge in [0.05, 0.1) is 16.8 Å². The van der Waals surface area contributed by atoms with Crippen LogP contribution in [0.25, 0.3) is 0 Å². The number of aromatic nitrogens is 3. The van der Waals surface area contributed by atoms with Crippen molar-refractivity contribution in [3.63, 3.8) is 0 Å². The Labute approximate surface area is 119 Å². The number of nitrogens with two attached hydrogens (primary N) is 1. The highest BCUT2D eigenvalue weighted by Gasteiger charge is 2.32. The summed E-state index contributed by atoms with van der Waals surface area (Å²) < 4.78 is 1.24. The molecule has 0 saturated heterocycles. The van der Waals surface area contributed by atoms with Gasteiger partial charge in [0, 0.05) is 0 Å². The van der Waals surface area contributed by atoms with E-state index in [1.807, 2.05) is 0 Å². The molecule has 9 heteroatoms. The fourth-order valence-corrected chi connectivity index (χ4v) is 1.58. The Balaban J connectivity index is 2.19. The van der Waals surface area contributed by atoms with Crippen molar-refractivity contribution in [3.8, 4) is 0 Å². The molecule has 0 atom stereocenters. The van der Waals surface area contributed by atoms with Crippen molar-refractivity contribution in [2.75, 3.05) is 11.1 Å². The van der Waals surface area contributed by atoms with Gasteiger partial charge in [-0.25, -0.2) is 4.98 Å². The van der Waals surface area contributed by atoms with Gasteiger partial charge in [-0.3, -0.25) is 19.6 Å². The van der Waals surface area contributed by atoms with E-state index in [2.05, 4.69) is 15.4 Å². The molecule has 0 saturated carbocycles. The summed E-state index contributed by atoms with van der Waals surface area (Å²) in [5.41, 5.74) is 4.66. The second-order valence-corrected chi connectivity index (χ2v) is 4.89. The van der Waals surface area contributed by atoms with E-state index in [0.29, 0.717) is 11.5 Å². The first kappa shape index (κ1) is 14.4. The van der Waals surface area contributed by atoms with E-state index >= 15 is 0 Å². The second kappa shape index (κ2) is 5.19. The van der Waals surface area contributed by atoms with Gasteiger partial charge in [0.2, 0.25) is 0 Å². The van der Waals surface area contributed by atoms with E-state index in [-0.39, 0.29) is 11.6 Å². The van der Waals surface area contributed by atoms with Crippen molar-refractivity contribution < 1.29 is 9.72 Å². The van der Waals surface area contributed by atoms with Crippen LogP contribution < -0.4 is 11.1 Å². The van der Waals surface area contributed by atoms with Crippen molar-refractivity contribution in [1.29, 1.82) is 0 Å². The molecule has 0 aromatic carbocycles. The molecule has 1 amide bonds. The van der Waals surface area contributed by atoms with Crippen LogP contribution in [-0.2, 0) is 10.3 Å². The predicted molar refractivity (Wildman–Crippen MR) is 75.5 cm³/mol. The molecule has 2 aromatic heterocycles. The number of hydrogen-bond acceptors (Lipinski definition) is 6. The minimum absolute atomic E-state index is 0.176. The predicted octanol–water partition coefficient (Wildman–Crippen LogP) is 1.14. The lowest BCUT2D eigenvalue weighted by atomic mass is 10.1. The maximum Gasteiger partial charge on any atom is 0.307 e. The molecular formula is C12H14N6O3. The Morgan fingerprint density at radius 1 is 1.43 bits per heavy atom. The van der Waals surface area contributed by atoms with Crippen LogP contribution in [0.4, 0.5) is 17.2 Å². The van der Waals surface area contributed by atoms with Crippen LogP contribution in [0.2, 0.25) is 0 Å². The van der Waals surface area contributed by atoms with Gasteiger partial charge in [0.15, 0.2) is 0 Å². The maximum atomic E-state index is 12.3. The van der Waals surface area contributed by atoms with E-state index in [0.717, 1.165) is 6.20 Å². The highest BCUT2D eigenvalue weighted by molar-refractivity contribution is 5.96. The molecule has 0 spiro atoms. The van der Waals surface area contributed by atoms with Crippen molar-refractivity contribution in [2.45, 2.75) is 19.4 Å². The van der Waals surface area contributed by atoms with Crippen LogP contribution >= 0.6 is 0 Å². The molecule has 2 heterocycles. The minimum Gasteiger partial charge on any atom is -0.384 e. The van der Waals surface area contributed by atoms with E-state index in [9.17, 15) is 14.9 Å². The summed E-state index contributed by atoms with van der Waals surface area (Å²) in [5, 5.41) is 17.2. The Hall–Kier alpha value is -2.97. The SMILES string of the molecule is CC(C)(C(=O)Nc1ccc(N)nc1)n1cc([N+](=O)[O-])cn1. The van der Waals surface area contributed by atoms with Crippen molar-refractivity contribution >= 4 is 23.1 Å². The summed E-state index contributed by atoms with van der Waals surface area (Å²) in [6.07, 6.45) is 3.73. The number of anilines is 2. The number of pyridine rings is 1. The molecule has 0 radical (unpaired) electrons. The van der Waals surface area contributed by atoms with Crippen LogP contribution in [0.1, 0.15) is 13.8 Å². The molecule has 0 fully saturated rings. The van der Waals surface area contributed by atoms with Crippen molar-refractivity contribution in [1.82, 2.24) is 14.8 Å². The maximum absolute atomic E-state index is 12.3. The van der Waals surface area contributed by atoms with E-state index < -0.39 is 10.5 Å². The smallest absolute Gasteiger partial charge is 0.307 e. The molecule has 21 heavy (non-hydrogen) atoms. The highest BCUT2D eigenvalue weighted by Crippen LogP contribution is 2.20. The lowest BCUT2D eigenvalue weighted by molar-refractivity contribution is -0.385. The van der Waals surface area contributed by atoms with E-state index in [1.165, 1.54) is 17.1 Å². The molecule has 0 aliphatic carbocycles. The number of nitro groups is 1. The van der Waals surface area contributed by atoms with Crippen LogP contribution in [-0.4, -0.2) is 25.6 Å². The van der Waals surface area contributed by atoms with Crippen LogP contribution in [0, 0.1) is 10.1 Å². The third-order valence-corrected chi connectivity index (χ3v) is 2.95. The molecule has 0 aliphatic rings. The summed E-state index contributed by atoms with van der Waals surface area (Å²) >= 11 is 0. The zero-order valence-electron chi connectivity index (χ0n) is 11.5. The Morgan fingerprint density at radius 3 is 2.67 bits per heavy atom. The number of hydrogen-bond donors (Lipinski definition) is 2. The quantitative estimate of drug-likeness (QED) is 0.641. The van der Waals surface area contributed by atoms with Gasteiger partial charge >= 0.3 is 5.69 Å². The van der Waals surface area contributed by atoms with E-state index in [1.54, 1.807) is 26.0 Å². The van der Waals surface area contributed by atoms with Crippen LogP contribution in [0.5, 0.6) is 0 Å². The lowest BCUT2D eigenvalue weighted by Crippen LogP contribution is -2.40. The van der Waals surface area contributed by atoms with Gasteiger partial charge in [-0.15, -0.1) is 0 Å². The lowest BCUT2D eigenvalue weighted by Gasteiger charge is -2.23. The largest absolute Gasteiger partial charge is 0.384 e. The minimum atomic E-state index is -1.10. The standard InChI is InChI=1S/C12H14N6O3/c1-12(2,17-7-9(6-15-17)18(20)21)11(19)16-8-3-4-10(13)14-5-8/h3-7H,1-2H3,(H2,13,14)(H,16,19). The van der Waals surface area contributed by atoms with Crippen LogP contribution in [0.15, 0.2) is 30.7 Å². The zero-order valence-corrected chi connectivity index (χ0v) is 11.5. The molecule has 0 unspecified atom stereocenters. The summed E-state index contributed by atoms with van der Waals surface area (Å²) in [5.74, 6) is -0.0398. The molecule has 2 aromatic rings. The summed E-state index contributed by atoms with van der Waals surface area (Å²) in [7, 11) is 0. The Kier molecular flexibility index (Phi) is 3.57. The fraction of sp³-hybridized carbons (Fsp3) is 0.250. The number of nitrogens with zero attached hydrogens (tertiary/aromatic N) is 4. The summed E-state index contributed by atoms with van der Waals surface area (Å²) in [4.78, 5) is 26.3. The number of carbonyl (C=O) groups excluding carboxylic acids is 1. The normalized spacial score (nSPS) is 11.1. The average molecular weight is 290 g/mol. The fourth-order valence-electron chi connectivity index (χ4n) is 1.58. The Morgan fingerprint density at radius 2 is 2.14 bits per heavy atom. The van der Waals surface area contributed by atoms with Gasteiger partial charge in [0.1, 0.15) is 23.8 Å². The van der Waals surface area contributed by atoms with Gasteiger partial charge in [-0.2, -0.15) is 5.10 Å². The summed E-state index contributed by atoms with van der Waals surface area (Å²) in [6.45, 7) is 3.20. The zero-order chi connectivity index (χ0) is 15.6. The van der Waals surface area contributed by atoms with Crippen molar-refractivity contribution in [2.24, 2.45) is 0 Å². The third kappa shape index (κ3) is 2.96. The van der Waals surface area contributed by atoms with E-state index in [4.69, 9.17) is 5.73 Å². The number of rotatable bonds is 4. The van der Waals surface area contributed by atoms with Gasteiger partial charge < -0.3 is 11.1 Å². The van der Waals surface area contributed by atoms with Gasteiger partial charge in [-0.05, 0) is 26.0 Å². The number of nitrogen functional groups attached to an aromatic ring is 1. The topological polar surface area (TPSA) is 129 Å². The number of carbonyl (C=O) groups is 1. The molecule has 110 valence electrons. The van der Waals surface area contributed by atoms with Gasteiger partial charge in [-0.1, -0.05) is 0 Å². The monoisotopic (exact) mass is 290 g/mol. The number of nitrogens with one attached hydrogen (secondary N) is 1. The molecule has 0 aliphatic heterocycles. The summed E-state index contributed by atoms with van der Waals surface area (Å²) in [6, 6.07) is 3.17. The Bertz CT molecular complexity index is 677. The first-order valence-corrected chi connectivity index (χ1v) is 6.03. The first-order valence-electron chi connectivity index (χ1n) is 6.03. The van der Waals surface area contributed by atoms with Crippen molar-refractivity contribution in [3.05, 3.63) is 40.8 Å². The first-order chi connectivity index (χ1) is 9.80. The highest BCUT2D eigenvalue weighted by atomic mass is 16.6. The van der Waals surface area contributed by atoms with Gasteiger partial charge in [0.25, 0.3) is 5.91 Å². The molecule has 3 N–H and O–H groups in total. The molecular weight excluding hydrogens is 276 g/mol.